The highest BCUT2D eigenvalue weighted by Crippen LogP contribution is 2.14. The van der Waals surface area contributed by atoms with E-state index in [2.05, 4.69) is 0 Å². The molecule has 0 amide bonds. The SMILES string of the molecule is COC(=O)c1c(CC[C@H](C)N)ccn1C. The van der Waals surface area contributed by atoms with E-state index in [0.29, 0.717) is 5.69 Å². The Morgan fingerprint density at radius 3 is 2.87 bits per heavy atom. The van der Waals surface area contributed by atoms with E-state index in [1.807, 2.05) is 26.2 Å². The van der Waals surface area contributed by atoms with Crippen molar-refractivity contribution in [2.75, 3.05) is 7.11 Å². The maximum absolute atomic E-state index is 11.5. The Labute approximate surface area is 90.0 Å². The second-order valence-electron chi connectivity index (χ2n) is 3.81. The van der Waals surface area contributed by atoms with Crippen molar-refractivity contribution in [2.45, 2.75) is 25.8 Å². The zero-order valence-electron chi connectivity index (χ0n) is 9.49. The van der Waals surface area contributed by atoms with Gasteiger partial charge in [0.15, 0.2) is 0 Å². The number of nitrogens with two attached hydrogens (primary N) is 1. The van der Waals surface area contributed by atoms with Crippen LogP contribution in [0.15, 0.2) is 12.3 Å². The molecule has 0 aliphatic heterocycles. The second kappa shape index (κ2) is 4.98. The number of hydrogen-bond acceptors (Lipinski definition) is 3. The van der Waals surface area contributed by atoms with Gasteiger partial charge in [-0.15, -0.1) is 0 Å². The van der Waals surface area contributed by atoms with Gasteiger partial charge in [0.1, 0.15) is 5.69 Å². The molecule has 0 aliphatic carbocycles. The maximum atomic E-state index is 11.5. The number of rotatable bonds is 4. The van der Waals surface area contributed by atoms with E-state index in [-0.39, 0.29) is 12.0 Å². The Hall–Kier alpha value is -1.29. The van der Waals surface area contributed by atoms with Gasteiger partial charge in [0, 0.05) is 19.3 Å². The van der Waals surface area contributed by atoms with Crippen LogP contribution in [0.25, 0.3) is 0 Å². The van der Waals surface area contributed by atoms with Crippen LogP contribution in [0.4, 0.5) is 0 Å². The highest BCUT2D eigenvalue weighted by Gasteiger charge is 2.15. The van der Waals surface area contributed by atoms with E-state index < -0.39 is 0 Å². The predicted molar refractivity (Wildman–Crippen MR) is 58.7 cm³/mol. The maximum Gasteiger partial charge on any atom is 0.354 e. The minimum atomic E-state index is -0.290. The fraction of sp³-hybridized carbons (Fsp3) is 0.545. The molecule has 4 nitrogen and oxygen atoms in total. The number of methoxy groups -OCH3 is 1. The molecule has 0 aliphatic rings. The lowest BCUT2D eigenvalue weighted by molar-refractivity contribution is 0.0588. The lowest BCUT2D eigenvalue weighted by atomic mass is 10.1. The lowest BCUT2D eigenvalue weighted by Gasteiger charge is -2.07. The average Bonchev–Trinajstić information content (AvgIpc) is 2.55. The molecular weight excluding hydrogens is 192 g/mol. The van der Waals surface area contributed by atoms with E-state index in [0.717, 1.165) is 18.4 Å². The molecule has 0 fully saturated rings. The summed E-state index contributed by atoms with van der Waals surface area (Å²) in [6.07, 6.45) is 3.54. The fourth-order valence-electron chi connectivity index (χ4n) is 1.54. The summed E-state index contributed by atoms with van der Waals surface area (Å²) in [6, 6.07) is 2.09. The molecule has 1 aromatic heterocycles. The number of carbonyl (C=O) groups excluding carboxylic acids is 1. The first-order chi connectivity index (χ1) is 7.06. The summed E-state index contributed by atoms with van der Waals surface area (Å²) in [6.45, 7) is 1.96. The van der Waals surface area contributed by atoms with E-state index in [4.69, 9.17) is 10.5 Å². The number of carbonyl (C=O) groups is 1. The van der Waals surface area contributed by atoms with Gasteiger partial charge in [-0.25, -0.2) is 4.79 Å². The zero-order valence-corrected chi connectivity index (χ0v) is 9.49. The van der Waals surface area contributed by atoms with E-state index in [9.17, 15) is 4.79 Å². The molecule has 0 radical (unpaired) electrons. The summed E-state index contributed by atoms with van der Waals surface area (Å²) in [5.74, 6) is -0.290. The lowest BCUT2D eigenvalue weighted by Crippen LogP contribution is -2.16. The van der Waals surface area contributed by atoms with Crippen molar-refractivity contribution in [3.63, 3.8) is 0 Å². The molecular formula is C11H18N2O2. The third-order valence-electron chi connectivity index (χ3n) is 2.40. The molecule has 4 heteroatoms. The molecule has 1 atom stereocenters. The van der Waals surface area contributed by atoms with E-state index in [1.54, 1.807) is 4.57 Å². The van der Waals surface area contributed by atoms with Crippen molar-refractivity contribution in [1.29, 1.82) is 0 Å². The topological polar surface area (TPSA) is 57.2 Å². The van der Waals surface area contributed by atoms with Crippen molar-refractivity contribution in [1.82, 2.24) is 4.57 Å². The van der Waals surface area contributed by atoms with Crippen molar-refractivity contribution >= 4 is 5.97 Å². The Bertz CT molecular complexity index is 342. The Morgan fingerprint density at radius 1 is 1.67 bits per heavy atom. The highest BCUT2D eigenvalue weighted by molar-refractivity contribution is 5.89. The van der Waals surface area contributed by atoms with Crippen LogP contribution in [0, 0.1) is 0 Å². The molecule has 1 aromatic rings. The Balaban J connectivity index is 2.84. The van der Waals surface area contributed by atoms with Gasteiger partial charge in [0.05, 0.1) is 7.11 Å². The van der Waals surface area contributed by atoms with Crippen LogP contribution in [0.2, 0.25) is 0 Å². The number of hydrogen-bond donors (Lipinski definition) is 1. The zero-order chi connectivity index (χ0) is 11.4. The third kappa shape index (κ3) is 2.83. The van der Waals surface area contributed by atoms with Crippen LogP contribution < -0.4 is 5.73 Å². The standard InChI is InChI=1S/C11H18N2O2/c1-8(12)4-5-9-6-7-13(2)10(9)11(14)15-3/h6-8H,4-5,12H2,1-3H3/t8-/m0/s1. The second-order valence-corrected chi connectivity index (χ2v) is 3.81. The highest BCUT2D eigenvalue weighted by atomic mass is 16.5. The smallest absolute Gasteiger partial charge is 0.354 e. The Kier molecular flexibility index (Phi) is 3.91. The van der Waals surface area contributed by atoms with Crippen LogP contribution in [0.3, 0.4) is 0 Å². The monoisotopic (exact) mass is 210 g/mol. The molecule has 0 saturated heterocycles. The number of nitrogens with zero attached hydrogens (tertiary/aromatic N) is 1. The first-order valence-electron chi connectivity index (χ1n) is 5.04. The first kappa shape index (κ1) is 11.8. The molecule has 0 bridgehead atoms. The summed E-state index contributed by atoms with van der Waals surface area (Å²) < 4.78 is 6.51. The van der Waals surface area contributed by atoms with Crippen LogP contribution in [0.5, 0.6) is 0 Å². The third-order valence-corrected chi connectivity index (χ3v) is 2.40. The van der Waals surface area contributed by atoms with Crippen molar-refractivity contribution < 1.29 is 9.53 Å². The van der Waals surface area contributed by atoms with Gasteiger partial charge in [-0.3, -0.25) is 0 Å². The molecule has 0 unspecified atom stereocenters. The number of aryl methyl sites for hydroxylation is 2. The van der Waals surface area contributed by atoms with Gasteiger partial charge < -0.3 is 15.0 Å². The first-order valence-corrected chi connectivity index (χ1v) is 5.04. The summed E-state index contributed by atoms with van der Waals surface area (Å²) in [5.41, 5.74) is 7.31. The van der Waals surface area contributed by atoms with Crippen LogP contribution in [0.1, 0.15) is 29.4 Å². The molecule has 0 spiro atoms. The van der Waals surface area contributed by atoms with E-state index in [1.165, 1.54) is 7.11 Å². The van der Waals surface area contributed by atoms with Gasteiger partial charge in [0.2, 0.25) is 0 Å². The molecule has 0 saturated carbocycles. The summed E-state index contributed by atoms with van der Waals surface area (Å²) in [7, 11) is 3.23. The number of ether oxygens (including phenoxy) is 1. The van der Waals surface area contributed by atoms with Crippen molar-refractivity contribution in [2.24, 2.45) is 12.8 Å². The summed E-state index contributed by atoms with van der Waals surface area (Å²) in [5, 5.41) is 0. The summed E-state index contributed by atoms with van der Waals surface area (Å²) in [4.78, 5) is 11.5. The number of esters is 1. The van der Waals surface area contributed by atoms with Crippen LogP contribution in [-0.4, -0.2) is 23.7 Å². The Morgan fingerprint density at radius 2 is 2.33 bits per heavy atom. The quantitative estimate of drug-likeness (QED) is 0.757. The number of aromatic nitrogens is 1. The molecule has 84 valence electrons. The van der Waals surface area contributed by atoms with Crippen LogP contribution in [-0.2, 0) is 18.2 Å². The minimum absolute atomic E-state index is 0.149. The van der Waals surface area contributed by atoms with Crippen LogP contribution >= 0.6 is 0 Å². The van der Waals surface area contributed by atoms with Crippen molar-refractivity contribution in [3.8, 4) is 0 Å². The summed E-state index contributed by atoms with van der Waals surface area (Å²) >= 11 is 0. The van der Waals surface area contributed by atoms with Gasteiger partial charge in [-0.2, -0.15) is 0 Å². The van der Waals surface area contributed by atoms with Gasteiger partial charge in [0.25, 0.3) is 0 Å². The normalized spacial score (nSPS) is 12.5. The molecule has 0 aromatic carbocycles. The molecule has 1 heterocycles. The largest absolute Gasteiger partial charge is 0.464 e. The molecule has 15 heavy (non-hydrogen) atoms. The molecule has 2 N–H and O–H groups in total. The minimum Gasteiger partial charge on any atom is -0.464 e. The van der Waals surface area contributed by atoms with Crippen molar-refractivity contribution in [3.05, 3.63) is 23.5 Å². The molecule has 1 rings (SSSR count). The van der Waals surface area contributed by atoms with Gasteiger partial charge >= 0.3 is 5.97 Å². The van der Waals surface area contributed by atoms with E-state index >= 15 is 0 Å². The fourth-order valence-corrected chi connectivity index (χ4v) is 1.54. The average molecular weight is 210 g/mol. The van der Waals surface area contributed by atoms with Gasteiger partial charge in [-0.1, -0.05) is 0 Å². The van der Waals surface area contributed by atoms with Gasteiger partial charge in [-0.05, 0) is 31.4 Å². The predicted octanol–water partition coefficient (Wildman–Crippen LogP) is 1.09.